The number of nitrogens with zero attached hydrogens (tertiary/aromatic N) is 2. The predicted molar refractivity (Wildman–Crippen MR) is 150 cm³/mol. The van der Waals surface area contributed by atoms with E-state index in [1.54, 1.807) is 18.2 Å². The summed E-state index contributed by atoms with van der Waals surface area (Å²) in [5, 5.41) is 3.27. The number of ether oxygens (including phenoxy) is 2. The van der Waals surface area contributed by atoms with E-state index in [1.165, 1.54) is 11.9 Å². The van der Waals surface area contributed by atoms with Crippen LogP contribution in [0.4, 0.5) is 0 Å². The molecule has 2 heterocycles. The van der Waals surface area contributed by atoms with Crippen molar-refractivity contribution < 1.29 is 28.7 Å². The van der Waals surface area contributed by atoms with Gasteiger partial charge in [-0.25, -0.2) is 0 Å². The molecule has 2 aromatic rings. The molecule has 0 aliphatic carbocycles. The molecule has 1 unspecified atom stereocenters. The minimum atomic E-state index is -0.735. The van der Waals surface area contributed by atoms with Gasteiger partial charge in [-0.1, -0.05) is 23.7 Å². The lowest BCUT2D eigenvalue weighted by Gasteiger charge is -2.25. The maximum Gasteiger partial charge on any atom is 0.255 e. The standard InChI is InChI=1S/C30H36ClN3O6/c1-3-33(14-13-27-23-17-21(31)12-11-20(23)19-40-27)28(36)10-6-16-39-26-9-4-7-22-24(26)18-34(30(22)38)25(8-5-15-35)29(37)32-2/h4,7,9,11-12,15,17,25,27H,3,5-6,8,10,13-14,16,18-19H2,1-2H3,(H,32,37)/t25?,27-/m1/s1. The quantitative estimate of drug-likeness (QED) is 0.272. The summed E-state index contributed by atoms with van der Waals surface area (Å²) in [4.78, 5) is 52.6. The van der Waals surface area contributed by atoms with E-state index >= 15 is 0 Å². The third kappa shape index (κ3) is 6.64. The Bertz CT molecular complexity index is 1250. The van der Waals surface area contributed by atoms with Gasteiger partial charge >= 0.3 is 0 Å². The van der Waals surface area contributed by atoms with Gasteiger partial charge in [-0.2, -0.15) is 0 Å². The second-order valence-corrected chi connectivity index (χ2v) is 10.4. The molecule has 0 spiro atoms. The van der Waals surface area contributed by atoms with E-state index in [9.17, 15) is 19.2 Å². The lowest BCUT2D eigenvalue weighted by Crippen LogP contribution is -2.46. The van der Waals surface area contributed by atoms with Crippen LogP contribution in [0.15, 0.2) is 36.4 Å². The van der Waals surface area contributed by atoms with E-state index in [4.69, 9.17) is 21.1 Å². The number of rotatable bonds is 14. The Morgan fingerprint density at radius 2 is 2.12 bits per heavy atom. The Morgan fingerprint density at radius 1 is 1.30 bits per heavy atom. The molecular weight excluding hydrogens is 534 g/mol. The fourth-order valence-corrected chi connectivity index (χ4v) is 5.53. The molecule has 40 heavy (non-hydrogen) atoms. The van der Waals surface area contributed by atoms with Crippen molar-refractivity contribution in [3.63, 3.8) is 0 Å². The first-order valence-electron chi connectivity index (χ1n) is 13.8. The summed E-state index contributed by atoms with van der Waals surface area (Å²) in [5.74, 6) is 0.0513. The number of aldehydes is 1. The van der Waals surface area contributed by atoms with E-state index in [1.807, 2.05) is 30.0 Å². The van der Waals surface area contributed by atoms with Crippen LogP contribution in [-0.2, 0) is 32.3 Å². The maximum atomic E-state index is 13.1. The number of halogens is 1. The van der Waals surface area contributed by atoms with Crippen molar-refractivity contribution in [3.05, 3.63) is 63.7 Å². The topological polar surface area (TPSA) is 105 Å². The number of likely N-dealkylation sites (N-methyl/N-ethyl adjacent to an activating group) is 1. The summed E-state index contributed by atoms with van der Waals surface area (Å²) in [6.45, 7) is 4.26. The first-order valence-corrected chi connectivity index (χ1v) is 14.1. The van der Waals surface area contributed by atoms with E-state index < -0.39 is 6.04 Å². The van der Waals surface area contributed by atoms with Crippen LogP contribution in [0.25, 0.3) is 0 Å². The molecule has 0 radical (unpaired) electrons. The highest BCUT2D eigenvalue weighted by molar-refractivity contribution is 6.30. The molecule has 9 nitrogen and oxygen atoms in total. The average molecular weight is 570 g/mol. The van der Waals surface area contributed by atoms with Gasteiger partial charge in [0.1, 0.15) is 18.1 Å². The Kier molecular flexibility index (Phi) is 10.2. The van der Waals surface area contributed by atoms with Crippen LogP contribution in [0.2, 0.25) is 5.02 Å². The molecule has 3 amide bonds. The molecule has 2 aliphatic rings. The molecule has 214 valence electrons. The molecule has 0 fully saturated rings. The fourth-order valence-electron chi connectivity index (χ4n) is 5.35. The minimum Gasteiger partial charge on any atom is -0.493 e. The monoisotopic (exact) mass is 569 g/mol. The number of carbonyl (C=O) groups excluding carboxylic acids is 4. The number of benzene rings is 2. The molecule has 10 heteroatoms. The van der Waals surface area contributed by atoms with Gasteiger partial charge in [-0.15, -0.1) is 0 Å². The number of hydrogen-bond donors (Lipinski definition) is 1. The zero-order valence-electron chi connectivity index (χ0n) is 23.0. The zero-order chi connectivity index (χ0) is 28.6. The number of nitrogens with one attached hydrogen (secondary N) is 1. The number of amides is 3. The van der Waals surface area contributed by atoms with Crippen molar-refractivity contribution in [3.8, 4) is 5.75 Å². The SMILES string of the molecule is CCN(CC[C@H]1OCc2ccc(Cl)cc21)C(=O)CCCOc1cccc2c1CN(C(CCC=O)C(=O)NC)C2=O. The van der Waals surface area contributed by atoms with Gasteiger partial charge in [0.05, 0.1) is 25.9 Å². The Morgan fingerprint density at radius 3 is 2.88 bits per heavy atom. The van der Waals surface area contributed by atoms with Crippen LogP contribution >= 0.6 is 11.6 Å². The summed E-state index contributed by atoms with van der Waals surface area (Å²) < 4.78 is 11.9. The highest BCUT2D eigenvalue weighted by Gasteiger charge is 2.37. The van der Waals surface area contributed by atoms with Crippen LogP contribution < -0.4 is 10.1 Å². The zero-order valence-corrected chi connectivity index (χ0v) is 23.7. The van der Waals surface area contributed by atoms with E-state index in [0.29, 0.717) is 67.5 Å². The van der Waals surface area contributed by atoms with Crippen LogP contribution in [-0.4, -0.2) is 66.6 Å². The van der Waals surface area contributed by atoms with Crippen LogP contribution in [0.1, 0.15) is 72.2 Å². The summed E-state index contributed by atoms with van der Waals surface area (Å²) >= 11 is 6.16. The summed E-state index contributed by atoms with van der Waals surface area (Å²) in [5.41, 5.74) is 3.44. The lowest BCUT2D eigenvalue weighted by atomic mass is 10.0. The fraction of sp³-hybridized carbons (Fsp3) is 0.467. The highest BCUT2D eigenvalue weighted by atomic mass is 35.5. The van der Waals surface area contributed by atoms with Gasteiger partial charge in [0.2, 0.25) is 11.8 Å². The molecule has 2 atom stereocenters. The van der Waals surface area contributed by atoms with Gasteiger partial charge in [0.25, 0.3) is 5.91 Å². The molecule has 2 aliphatic heterocycles. The van der Waals surface area contributed by atoms with Crippen molar-refractivity contribution in [2.24, 2.45) is 0 Å². The van der Waals surface area contributed by atoms with E-state index in [2.05, 4.69) is 5.32 Å². The average Bonchev–Trinajstić information content (AvgIpc) is 3.52. The molecule has 0 aromatic heterocycles. The Hall–Kier alpha value is -3.43. The molecule has 4 rings (SSSR count). The van der Waals surface area contributed by atoms with Crippen molar-refractivity contribution >= 4 is 35.6 Å². The molecule has 0 saturated carbocycles. The number of hydrogen-bond acceptors (Lipinski definition) is 6. The molecule has 1 N–H and O–H groups in total. The normalized spacial score (nSPS) is 16.3. The summed E-state index contributed by atoms with van der Waals surface area (Å²) in [7, 11) is 1.51. The van der Waals surface area contributed by atoms with Crippen molar-refractivity contribution in [2.45, 2.75) is 64.3 Å². The number of fused-ring (bicyclic) bond motifs is 2. The van der Waals surface area contributed by atoms with Gasteiger partial charge in [-0.05, 0) is 61.6 Å². The first kappa shape index (κ1) is 29.6. The third-order valence-electron chi connectivity index (χ3n) is 7.52. The largest absolute Gasteiger partial charge is 0.493 e. The van der Waals surface area contributed by atoms with Gasteiger partial charge in [0.15, 0.2) is 0 Å². The predicted octanol–water partition coefficient (Wildman–Crippen LogP) is 4.06. The van der Waals surface area contributed by atoms with Gasteiger partial charge in [-0.3, -0.25) is 14.4 Å². The van der Waals surface area contributed by atoms with E-state index in [0.717, 1.165) is 17.4 Å². The maximum absolute atomic E-state index is 13.1. The van der Waals surface area contributed by atoms with Crippen molar-refractivity contribution in [2.75, 3.05) is 26.7 Å². The second kappa shape index (κ2) is 13.8. The molecule has 0 bridgehead atoms. The van der Waals surface area contributed by atoms with Gasteiger partial charge < -0.3 is 29.4 Å². The van der Waals surface area contributed by atoms with Crippen molar-refractivity contribution in [1.29, 1.82) is 0 Å². The molecule has 2 aromatic carbocycles. The highest BCUT2D eigenvalue weighted by Crippen LogP contribution is 2.35. The van der Waals surface area contributed by atoms with Crippen LogP contribution in [0, 0.1) is 0 Å². The number of carbonyl (C=O) groups is 4. The van der Waals surface area contributed by atoms with Crippen LogP contribution in [0.5, 0.6) is 5.75 Å². The van der Waals surface area contributed by atoms with Crippen LogP contribution in [0.3, 0.4) is 0 Å². The third-order valence-corrected chi connectivity index (χ3v) is 7.75. The Balaban J connectivity index is 1.28. The minimum absolute atomic E-state index is 0.0543. The lowest BCUT2D eigenvalue weighted by molar-refractivity contribution is -0.131. The van der Waals surface area contributed by atoms with Crippen molar-refractivity contribution in [1.82, 2.24) is 15.1 Å². The van der Waals surface area contributed by atoms with Gasteiger partial charge in [0, 0.05) is 49.1 Å². The molecular formula is C30H36ClN3O6. The smallest absolute Gasteiger partial charge is 0.255 e. The Labute approximate surface area is 239 Å². The summed E-state index contributed by atoms with van der Waals surface area (Å²) in [6.07, 6.45) is 2.68. The van der Waals surface area contributed by atoms with E-state index in [-0.39, 0.29) is 43.2 Å². The molecule has 0 saturated heterocycles. The second-order valence-electron chi connectivity index (χ2n) is 9.95. The first-order chi connectivity index (χ1) is 19.4. The summed E-state index contributed by atoms with van der Waals surface area (Å²) in [6, 6.07) is 10.3.